The van der Waals surface area contributed by atoms with Crippen LogP contribution in [-0.2, 0) is 27.8 Å². The number of rotatable bonds is 3. The molecule has 2 aromatic rings. The van der Waals surface area contributed by atoms with Gasteiger partial charge in [-0.2, -0.15) is 0 Å². The minimum absolute atomic E-state index is 0.0754. The van der Waals surface area contributed by atoms with Crippen molar-refractivity contribution in [2.24, 2.45) is 5.92 Å². The summed E-state index contributed by atoms with van der Waals surface area (Å²) in [5.41, 5.74) is 3.30. The fourth-order valence-electron chi connectivity index (χ4n) is 4.14. The Hall–Kier alpha value is -1.86. The van der Waals surface area contributed by atoms with E-state index < -0.39 is 10.0 Å². The number of anilines is 1. The topological polar surface area (TPSA) is 80.2 Å². The van der Waals surface area contributed by atoms with Crippen molar-refractivity contribution in [3.63, 3.8) is 0 Å². The molecule has 2 aliphatic rings. The lowest BCUT2D eigenvalue weighted by Gasteiger charge is -2.15. The van der Waals surface area contributed by atoms with Gasteiger partial charge in [0.1, 0.15) is 0 Å². The maximum atomic E-state index is 12.4. The Kier molecular flexibility index (Phi) is 4.08. The van der Waals surface area contributed by atoms with E-state index in [2.05, 4.69) is 10.6 Å². The molecule has 1 saturated carbocycles. The number of benzene rings is 1. The number of hydrogen-bond donors (Lipinski definition) is 2. The average Bonchev–Trinajstić information content (AvgIpc) is 3.20. The number of aromatic nitrogens is 1. The molecule has 2 N–H and O–H groups in total. The Morgan fingerprint density at radius 1 is 1.28 bits per heavy atom. The maximum absolute atomic E-state index is 12.4. The van der Waals surface area contributed by atoms with E-state index in [0.717, 1.165) is 54.6 Å². The summed E-state index contributed by atoms with van der Waals surface area (Å²) >= 11 is 0. The van der Waals surface area contributed by atoms with Crippen LogP contribution in [0.1, 0.15) is 36.9 Å². The minimum atomic E-state index is -3.37. The van der Waals surface area contributed by atoms with Gasteiger partial charge in [-0.15, -0.1) is 0 Å². The highest BCUT2D eigenvalue weighted by Crippen LogP contribution is 2.32. The van der Waals surface area contributed by atoms with Crippen LogP contribution < -0.4 is 10.6 Å². The Morgan fingerprint density at radius 2 is 2.04 bits per heavy atom. The van der Waals surface area contributed by atoms with Crippen molar-refractivity contribution in [1.29, 1.82) is 0 Å². The summed E-state index contributed by atoms with van der Waals surface area (Å²) in [7, 11) is -3.37. The van der Waals surface area contributed by atoms with Crippen molar-refractivity contribution in [2.45, 2.75) is 38.6 Å². The van der Waals surface area contributed by atoms with E-state index in [1.807, 2.05) is 6.07 Å². The highest BCUT2D eigenvalue weighted by molar-refractivity contribution is 7.89. The van der Waals surface area contributed by atoms with Crippen LogP contribution in [-0.4, -0.2) is 31.1 Å². The van der Waals surface area contributed by atoms with Crippen LogP contribution in [0.5, 0.6) is 0 Å². The van der Waals surface area contributed by atoms with Gasteiger partial charge in [-0.1, -0.05) is 12.8 Å². The molecule has 1 aromatic heterocycles. The first kappa shape index (κ1) is 16.6. The van der Waals surface area contributed by atoms with Crippen LogP contribution in [0.2, 0.25) is 0 Å². The van der Waals surface area contributed by atoms with Crippen LogP contribution >= 0.6 is 0 Å². The minimum Gasteiger partial charge on any atom is -0.326 e. The third kappa shape index (κ3) is 2.95. The first-order valence-corrected chi connectivity index (χ1v) is 10.7. The summed E-state index contributed by atoms with van der Waals surface area (Å²) in [6, 6.07) is 5.52. The molecule has 6 nitrogen and oxygen atoms in total. The molecule has 0 saturated heterocycles. The molecule has 134 valence electrons. The third-order valence-corrected chi connectivity index (χ3v) is 6.38. The molecule has 0 unspecified atom stereocenters. The standard InChI is InChI=1S/C18H23N3O3S/c1-25(23,24)21-16-7-6-13(20-18(22)12-4-2-3-5-12)10-14(16)15-11-19-9-8-17(15)21/h6-7,10,12,19H,2-5,8-9,11H2,1H3,(H,20,22). The summed E-state index contributed by atoms with van der Waals surface area (Å²) in [6.07, 6.45) is 6.07. The van der Waals surface area contributed by atoms with E-state index in [-0.39, 0.29) is 11.8 Å². The fraction of sp³-hybridized carbons (Fsp3) is 0.500. The predicted molar refractivity (Wildman–Crippen MR) is 98.2 cm³/mol. The van der Waals surface area contributed by atoms with E-state index >= 15 is 0 Å². The second kappa shape index (κ2) is 6.14. The van der Waals surface area contributed by atoms with Crippen LogP contribution in [0.25, 0.3) is 10.9 Å². The third-order valence-electron chi connectivity index (χ3n) is 5.30. The molecule has 1 aliphatic heterocycles. The summed E-state index contributed by atoms with van der Waals surface area (Å²) < 4.78 is 26.0. The Balaban J connectivity index is 1.77. The quantitative estimate of drug-likeness (QED) is 0.878. The number of fused-ring (bicyclic) bond motifs is 3. The number of carbonyl (C=O) groups excluding carboxylic acids is 1. The molecular formula is C18H23N3O3S. The lowest BCUT2D eigenvalue weighted by Crippen LogP contribution is -2.26. The zero-order valence-corrected chi connectivity index (χ0v) is 15.2. The number of carbonyl (C=O) groups is 1. The molecule has 2 heterocycles. The zero-order chi connectivity index (χ0) is 17.6. The molecule has 1 amide bonds. The van der Waals surface area contributed by atoms with Crippen molar-refractivity contribution in [1.82, 2.24) is 9.29 Å². The largest absolute Gasteiger partial charge is 0.326 e. The Bertz CT molecular complexity index is 940. The van der Waals surface area contributed by atoms with Crippen LogP contribution in [0.15, 0.2) is 18.2 Å². The summed E-state index contributed by atoms with van der Waals surface area (Å²) in [4.78, 5) is 12.4. The van der Waals surface area contributed by atoms with E-state index in [0.29, 0.717) is 18.5 Å². The van der Waals surface area contributed by atoms with Crippen LogP contribution in [0, 0.1) is 5.92 Å². The highest BCUT2D eigenvalue weighted by atomic mass is 32.2. The Morgan fingerprint density at radius 3 is 2.76 bits per heavy atom. The van der Waals surface area contributed by atoms with Crippen molar-refractivity contribution in [3.8, 4) is 0 Å². The van der Waals surface area contributed by atoms with Gasteiger partial charge in [-0.25, -0.2) is 12.4 Å². The van der Waals surface area contributed by atoms with E-state index in [4.69, 9.17) is 0 Å². The second-order valence-corrected chi connectivity index (χ2v) is 8.91. The molecular weight excluding hydrogens is 338 g/mol. The molecule has 1 aliphatic carbocycles. The van der Waals surface area contributed by atoms with E-state index in [9.17, 15) is 13.2 Å². The normalized spacial score (nSPS) is 18.4. The predicted octanol–water partition coefficient (Wildman–Crippen LogP) is 2.22. The van der Waals surface area contributed by atoms with Gasteiger partial charge in [-0.05, 0) is 36.6 Å². The number of hydrogen-bond acceptors (Lipinski definition) is 4. The monoisotopic (exact) mass is 361 g/mol. The fourth-order valence-corrected chi connectivity index (χ4v) is 5.26. The number of nitrogens with one attached hydrogen (secondary N) is 2. The zero-order valence-electron chi connectivity index (χ0n) is 14.3. The van der Waals surface area contributed by atoms with Crippen molar-refractivity contribution >= 4 is 32.5 Å². The molecule has 1 fully saturated rings. The van der Waals surface area contributed by atoms with Crippen LogP contribution in [0.3, 0.4) is 0 Å². The molecule has 0 radical (unpaired) electrons. The molecule has 25 heavy (non-hydrogen) atoms. The number of amides is 1. The van der Waals surface area contributed by atoms with Gasteiger partial charge in [-0.3, -0.25) is 4.79 Å². The van der Waals surface area contributed by atoms with Crippen molar-refractivity contribution in [3.05, 3.63) is 29.5 Å². The molecule has 0 atom stereocenters. The maximum Gasteiger partial charge on any atom is 0.236 e. The van der Waals surface area contributed by atoms with Crippen LogP contribution in [0.4, 0.5) is 5.69 Å². The SMILES string of the molecule is CS(=O)(=O)n1c2c(c3cc(NC(=O)C4CCCC4)ccc31)CNCC2. The molecule has 1 aromatic carbocycles. The molecule has 4 rings (SSSR count). The Labute approximate surface area is 147 Å². The number of nitrogens with zero attached hydrogens (tertiary/aromatic N) is 1. The van der Waals surface area contributed by atoms with E-state index in [1.54, 1.807) is 12.1 Å². The second-order valence-electron chi connectivity index (χ2n) is 7.08. The highest BCUT2D eigenvalue weighted by Gasteiger charge is 2.26. The summed E-state index contributed by atoms with van der Waals surface area (Å²) in [5.74, 6) is 0.179. The van der Waals surface area contributed by atoms with Gasteiger partial charge in [0.25, 0.3) is 0 Å². The summed E-state index contributed by atoms with van der Waals surface area (Å²) in [5, 5.41) is 7.22. The average molecular weight is 361 g/mol. The molecule has 7 heteroatoms. The lowest BCUT2D eigenvalue weighted by atomic mass is 10.0. The molecule has 0 bridgehead atoms. The van der Waals surface area contributed by atoms with Gasteiger partial charge in [0.15, 0.2) is 0 Å². The smallest absolute Gasteiger partial charge is 0.236 e. The van der Waals surface area contributed by atoms with Gasteiger partial charge in [0.05, 0.1) is 11.8 Å². The van der Waals surface area contributed by atoms with Gasteiger partial charge >= 0.3 is 0 Å². The summed E-state index contributed by atoms with van der Waals surface area (Å²) in [6.45, 7) is 1.42. The van der Waals surface area contributed by atoms with Crippen molar-refractivity contribution < 1.29 is 13.2 Å². The van der Waals surface area contributed by atoms with E-state index in [1.165, 1.54) is 10.2 Å². The lowest BCUT2D eigenvalue weighted by molar-refractivity contribution is -0.119. The first-order valence-electron chi connectivity index (χ1n) is 8.83. The van der Waals surface area contributed by atoms with Crippen molar-refractivity contribution in [2.75, 3.05) is 18.1 Å². The van der Waals surface area contributed by atoms with Gasteiger partial charge in [0.2, 0.25) is 15.9 Å². The van der Waals surface area contributed by atoms with Gasteiger partial charge < -0.3 is 10.6 Å². The first-order chi connectivity index (χ1) is 11.9. The molecule has 0 spiro atoms. The van der Waals surface area contributed by atoms with Gasteiger partial charge in [0, 0.05) is 42.2 Å².